The van der Waals surface area contributed by atoms with E-state index < -0.39 is 6.09 Å². The van der Waals surface area contributed by atoms with Gasteiger partial charge >= 0.3 is 6.09 Å². The fourth-order valence-electron chi connectivity index (χ4n) is 3.13. The molecule has 0 aliphatic carbocycles. The maximum atomic E-state index is 12.2. The normalized spacial score (nSPS) is 19.0. The fraction of sp³-hybridized carbons (Fsp3) is 0.333. The molecule has 2 aromatic carbocycles. The number of likely N-dealkylation sites (tertiary alicyclic amines) is 1. The Morgan fingerprint density at radius 1 is 1.08 bits per heavy atom. The van der Waals surface area contributed by atoms with Gasteiger partial charge in [-0.25, -0.2) is 4.79 Å². The third kappa shape index (κ3) is 4.92. The molecule has 1 aliphatic heterocycles. The minimum Gasteiger partial charge on any atom is -0.443 e. The van der Waals surface area contributed by atoms with Crippen molar-refractivity contribution in [3.8, 4) is 0 Å². The second kappa shape index (κ2) is 8.47. The van der Waals surface area contributed by atoms with Crippen LogP contribution in [-0.4, -0.2) is 23.4 Å². The molecular weight excluding hydrogens is 312 g/mol. The zero-order valence-electron chi connectivity index (χ0n) is 14.6. The molecule has 1 aliphatic rings. The molecule has 25 heavy (non-hydrogen) atoms. The van der Waals surface area contributed by atoms with E-state index in [4.69, 9.17) is 4.74 Å². The summed E-state index contributed by atoms with van der Waals surface area (Å²) in [7, 11) is 0. The molecule has 0 aromatic heterocycles. The van der Waals surface area contributed by atoms with Crippen LogP contribution >= 0.6 is 0 Å². The first-order valence-electron chi connectivity index (χ1n) is 8.80. The van der Waals surface area contributed by atoms with E-state index in [9.17, 15) is 4.79 Å². The van der Waals surface area contributed by atoms with E-state index in [0.29, 0.717) is 0 Å². The molecular formula is C21H24N2O2. The van der Waals surface area contributed by atoms with Gasteiger partial charge in [-0.2, -0.15) is 4.99 Å². The highest BCUT2D eigenvalue weighted by Gasteiger charge is 2.24. The number of amidine groups is 1. The van der Waals surface area contributed by atoms with Gasteiger partial charge in [0.25, 0.3) is 0 Å². The van der Waals surface area contributed by atoms with Crippen molar-refractivity contribution < 1.29 is 9.53 Å². The molecule has 0 bridgehead atoms. The summed E-state index contributed by atoms with van der Waals surface area (Å²) in [6.45, 7) is 4.07. The molecule has 3 rings (SSSR count). The van der Waals surface area contributed by atoms with E-state index >= 15 is 0 Å². The van der Waals surface area contributed by atoms with Crippen molar-refractivity contribution in [2.75, 3.05) is 6.54 Å². The van der Waals surface area contributed by atoms with Crippen molar-refractivity contribution in [2.45, 2.75) is 32.9 Å². The third-order valence-electron chi connectivity index (χ3n) is 4.46. The third-order valence-corrected chi connectivity index (χ3v) is 4.46. The second-order valence-electron chi connectivity index (χ2n) is 6.46. The highest BCUT2D eigenvalue weighted by Crippen LogP contribution is 2.21. The van der Waals surface area contributed by atoms with Gasteiger partial charge in [0, 0.05) is 19.0 Å². The van der Waals surface area contributed by atoms with Gasteiger partial charge in [0.05, 0.1) is 0 Å². The van der Waals surface area contributed by atoms with Crippen molar-refractivity contribution in [2.24, 2.45) is 10.9 Å². The molecule has 1 saturated heterocycles. The smallest absolute Gasteiger partial charge is 0.435 e. The monoisotopic (exact) mass is 336 g/mol. The van der Waals surface area contributed by atoms with Crippen LogP contribution in [-0.2, 0) is 17.9 Å². The Bertz CT molecular complexity index is 713. The summed E-state index contributed by atoms with van der Waals surface area (Å²) < 4.78 is 5.32. The Morgan fingerprint density at radius 3 is 2.40 bits per heavy atom. The lowest BCUT2D eigenvalue weighted by molar-refractivity contribution is 0.149. The van der Waals surface area contributed by atoms with Crippen LogP contribution in [0.5, 0.6) is 0 Å². The fourth-order valence-corrected chi connectivity index (χ4v) is 3.13. The minimum atomic E-state index is -0.509. The predicted octanol–water partition coefficient (Wildman–Crippen LogP) is 4.65. The second-order valence-corrected chi connectivity index (χ2v) is 6.46. The van der Waals surface area contributed by atoms with Crippen LogP contribution in [0.3, 0.4) is 0 Å². The van der Waals surface area contributed by atoms with E-state index in [-0.39, 0.29) is 12.5 Å². The molecule has 4 heteroatoms. The van der Waals surface area contributed by atoms with Crippen LogP contribution in [0.15, 0.2) is 65.7 Å². The van der Waals surface area contributed by atoms with E-state index in [1.807, 2.05) is 48.5 Å². The number of amides is 1. The highest BCUT2D eigenvalue weighted by molar-refractivity contribution is 5.93. The molecule has 1 heterocycles. The van der Waals surface area contributed by atoms with Crippen LogP contribution in [0.1, 0.15) is 30.9 Å². The molecule has 4 nitrogen and oxygen atoms in total. The largest absolute Gasteiger partial charge is 0.443 e. The summed E-state index contributed by atoms with van der Waals surface area (Å²) in [5.41, 5.74) is 2.19. The number of carbonyl (C=O) groups is 1. The zero-order valence-corrected chi connectivity index (χ0v) is 14.6. The van der Waals surface area contributed by atoms with Gasteiger partial charge in [-0.3, -0.25) is 0 Å². The quantitative estimate of drug-likeness (QED) is 0.816. The van der Waals surface area contributed by atoms with E-state index in [1.54, 1.807) is 0 Å². The van der Waals surface area contributed by atoms with E-state index in [1.165, 1.54) is 5.56 Å². The first-order chi connectivity index (χ1) is 12.2. The summed E-state index contributed by atoms with van der Waals surface area (Å²) in [5.74, 6) is 1.11. The van der Waals surface area contributed by atoms with Gasteiger partial charge in [-0.05, 0) is 24.0 Å². The molecule has 1 amide bonds. The Kier molecular flexibility index (Phi) is 5.83. The van der Waals surface area contributed by atoms with Crippen molar-refractivity contribution >= 4 is 11.9 Å². The minimum absolute atomic E-state index is 0.253. The van der Waals surface area contributed by atoms with E-state index in [0.717, 1.165) is 37.3 Å². The number of hydrogen-bond acceptors (Lipinski definition) is 2. The Morgan fingerprint density at radius 2 is 1.72 bits per heavy atom. The first kappa shape index (κ1) is 17.2. The van der Waals surface area contributed by atoms with Crippen LogP contribution in [0, 0.1) is 5.92 Å². The molecule has 0 spiro atoms. The molecule has 1 unspecified atom stereocenters. The van der Waals surface area contributed by atoms with Crippen LogP contribution < -0.4 is 0 Å². The number of aliphatic imine (C=N–C) groups is 1. The molecule has 130 valence electrons. The Balaban J connectivity index is 1.67. The molecule has 1 atom stereocenters. The Labute approximate surface area is 149 Å². The first-order valence-corrected chi connectivity index (χ1v) is 8.80. The lowest BCUT2D eigenvalue weighted by atomic mass is 9.98. The molecule has 0 N–H and O–H groups in total. The van der Waals surface area contributed by atoms with Crippen molar-refractivity contribution in [3.63, 3.8) is 0 Å². The molecule has 0 radical (unpaired) electrons. The molecule has 1 fully saturated rings. The van der Waals surface area contributed by atoms with Gasteiger partial charge in [0.15, 0.2) is 0 Å². The molecule has 0 saturated carbocycles. The van der Waals surface area contributed by atoms with Gasteiger partial charge in [-0.15, -0.1) is 0 Å². The lowest BCUT2D eigenvalue weighted by Gasteiger charge is -2.34. The summed E-state index contributed by atoms with van der Waals surface area (Å²) in [5, 5.41) is 0. The topological polar surface area (TPSA) is 41.9 Å². The van der Waals surface area contributed by atoms with Gasteiger partial charge in [-0.1, -0.05) is 67.6 Å². The Hall–Kier alpha value is -2.62. The average molecular weight is 336 g/mol. The standard InChI is InChI=1S/C21H24N2O2/c1-17-9-8-14-23(15-18-10-4-2-5-11-18)20(17)22-21(24)25-16-19-12-6-3-7-13-19/h2-7,10-13,17H,8-9,14-16H2,1H3/b22-20-. The van der Waals surface area contributed by atoms with Crippen molar-refractivity contribution in [1.82, 2.24) is 4.90 Å². The van der Waals surface area contributed by atoms with Crippen molar-refractivity contribution in [3.05, 3.63) is 71.8 Å². The highest BCUT2D eigenvalue weighted by atomic mass is 16.5. The predicted molar refractivity (Wildman–Crippen MR) is 99.3 cm³/mol. The van der Waals surface area contributed by atoms with Crippen LogP contribution in [0.25, 0.3) is 0 Å². The zero-order chi connectivity index (χ0) is 17.5. The maximum absolute atomic E-state index is 12.2. The summed E-state index contributed by atoms with van der Waals surface area (Å²) >= 11 is 0. The van der Waals surface area contributed by atoms with Gasteiger partial charge in [0.1, 0.15) is 12.4 Å². The number of nitrogens with zero attached hydrogens (tertiary/aromatic N) is 2. The average Bonchev–Trinajstić information content (AvgIpc) is 2.65. The number of hydrogen-bond donors (Lipinski definition) is 0. The number of piperidine rings is 1. The summed E-state index contributed by atoms with van der Waals surface area (Å²) in [6.07, 6.45) is 1.66. The maximum Gasteiger partial charge on any atom is 0.435 e. The number of carbonyl (C=O) groups excluding carboxylic acids is 1. The van der Waals surface area contributed by atoms with Gasteiger partial charge in [0.2, 0.25) is 0 Å². The number of rotatable bonds is 4. The van der Waals surface area contributed by atoms with E-state index in [2.05, 4.69) is 28.9 Å². The van der Waals surface area contributed by atoms with Crippen LogP contribution in [0.2, 0.25) is 0 Å². The number of ether oxygens (including phenoxy) is 1. The van der Waals surface area contributed by atoms with Crippen molar-refractivity contribution in [1.29, 1.82) is 0 Å². The van der Waals surface area contributed by atoms with Crippen LogP contribution in [0.4, 0.5) is 4.79 Å². The molecule has 2 aromatic rings. The SMILES string of the molecule is CC1CCCN(Cc2ccccc2)/C1=N\C(=O)OCc1ccccc1. The number of benzene rings is 2. The summed E-state index contributed by atoms with van der Waals surface area (Å²) in [6, 6.07) is 20.0. The lowest BCUT2D eigenvalue weighted by Crippen LogP contribution is -2.40. The summed E-state index contributed by atoms with van der Waals surface area (Å²) in [4.78, 5) is 18.7. The van der Waals surface area contributed by atoms with Gasteiger partial charge < -0.3 is 9.64 Å².